The van der Waals surface area contributed by atoms with Crippen LogP contribution in [0.3, 0.4) is 0 Å². The highest BCUT2D eigenvalue weighted by Crippen LogP contribution is 2.20. The van der Waals surface area contributed by atoms with E-state index in [1.165, 1.54) is 6.33 Å². The SMILES string of the molecule is CC(NC(=O)COc1ncnc2ccccc12)c1ccc(Br)cc1. The van der Waals surface area contributed by atoms with E-state index in [-0.39, 0.29) is 18.6 Å². The first kappa shape index (κ1) is 16.4. The van der Waals surface area contributed by atoms with Crippen molar-refractivity contribution in [1.29, 1.82) is 0 Å². The zero-order chi connectivity index (χ0) is 16.9. The molecular formula is C18H16BrN3O2. The third-order valence-corrected chi connectivity index (χ3v) is 4.12. The van der Waals surface area contributed by atoms with Gasteiger partial charge in [0.1, 0.15) is 6.33 Å². The lowest BCUT2D eigenvalue weighted by Gasteiger charge is -2.15. The van der Waals surface area contributed by atoms with Gasteiger partial charge in [-0.05, 0) is 36.8 Å². The van der Waals surface area contributed by atoms with Gasteiger partial charge in [-0.25, -0.2) is 9.97 Å². The molecule has 3 rings (SSSR count). The van der Waals surface area contributed by atoms with Crippen molar-refractivity contribution in [3.63, 3.8) is 0 Å². The fraction of sp³-hybridized carbons (Fsp3) is 0.167. The van der Waals surface area contributed by atoms with Crippen molar-refractivity contribution in [3.05, 3.63) is 64.9 Å². The van der Waals surface area contributed by atoms with Crippen LogP contribution in [0, 0.1) is 0 Å². The maximum absolute atomic E-state index is 12.1. The molecule has 1 aromatic heterocycles. The van der Waals surface area contributed by atoms with Crippen LogP contribution < -0.4 is 10.1 Å². The molecule has 0 aliphatic rings. The summed E-state index contributed by atoms with van der Waals surface area (Å²) in [5, 5.41) is 3.70. The number of carbonyl (C=O) groups excluding carboxylic acids is 1. The van der Waals surface area contributed by atoms with E-state index in [4.69, 9.17) is 4.74 Å². The number of benzene rings is 2. The highest BCUT2D eigenvalue weighted by atomic mass is 79.9. The maximum Gasteiger partial charge on any atom is 0.258 e. The molecule has 0 aliphatic carbocycles. The van der Waals surface area contributed by atoms with Gasteiger partial charge in [-0.1, -0.05) is 40.2 Å². The second-order valence-electron chi connectivity index (χ2n) is 5.33. The van der Waals surface area contributed by atoms with Crippen molar-refractivity contribution in [1.82, 2.24) is 15.3 Å². The topological polar surface area (TPSA) is 64.1 Å². The van der Waals surface area contributed by atoms with Crippen LogP contribution in [0.25, 0.3) is 10.9 Å². The molecule has 1 N–H and O–H groups in total. The van der Waals surface area contributed by atoms with Gasteiger partial charge in [-0.15, -0.1) is 0 Å². The van der Waals surface area contributed by atoms with E-state index in [0.717, 1.165) is 20.9 Å². The zero-order valence-electron chi connectivity index (χ0n) is 13.1. The van der Waals surface area contributed by atoms with Crippen LogP contribution in [0.1, 0.15) is 18.5 Å². The molecule has 0 bridgehead atoms. The highest BCUT2D eigenvalue weighted by Gasteiger charge is 2.11. The number of halogens is 1. The van der Waals surface area contributed by atoms with E-state index in [1.807, 2.05) is 55.5 Å². The van der Waals surface area contributed by atoms with Gasteiger partial charge in [0.25, 0.3) is 5.91 Å². The molecule has 2 aromatic carbocycles. The second-order valence-corrected chi connectivity index (χ2v) is 6.24. The first-order chi connectivity index (χ1) is 11.6. The van der Waals surface area contributed by atoms with E-state index >= 15 is 0 Å². The summed E-state index contributed by atoms with van der Waals surface area (Å²) in [6, 6.07) is 15.2. The number of aromatic nitrogens is 2. The van der Waals surface area contributed by atoms with Gasteiger partial charge in [-0.3, -0.25) is 4.79 Å². The fourth-order valence-corrected chi connectivity index (χ4v) is 2.61. The van der Waals surface area contributed by atoms with Crippen molar-refractivity contribution in [2.24, 2.45) is 0 Å². The molecule has 1 amide bonds. The van der Waals surface area contributed by atoms with Gasteiger partial charge in [0, 0.05) is 4.47 Å². The molecule has 6 heteroatoms. The minimum atomic E-state index is -0.201. The summed E-state index contributed by atoms with van der Waals surface area (Å²) in [6.07, 6.45) is 1.43. The molecule has 1 atom stereocenters. The lowest BCUT2D eigenvalue weighted by molar-refractivity contribution is -0.123. The van der Waals surface area contributed by atoms with Crippen LogP contribution in [-0.2, 0) is 4.79 Å². The van der Waals surface area contributed by atoms with Crippen molar-refractivity contribution in [2.45, 2.75) is 13.0 Å². The lowest BCUT2D eigenvalue weighted by atomic mass is 10.1. The van der Waals surface area contributed by atoms with Gasteiger partial charge in [-0.2, -0.15) is 0 Å². The van der Waals surface area contributed by atoms with Crippen molar-refractivity contribution in [3.8, 4) is 5.88 Å². The van der Waals surface area contributed by atoms with Gasteiger partial charge in [0.15, 0.2) is 6.61 Å². The predicted octanol–water partition coefficient (Wildman–Crippen LogP) is 3.65. The molecule has 0 radical (unpaired) electrons. The molecule has 0 fully saturated rings. The van der Waals surface area contributed by atoms with Crippen LogP contribution in [0.4, 0.5) is 0 Å². The van der Waals surface area contributed by atoms with Gasteiger partial charge >= 0.3 is 0 Å². The average Bonchev–Trinajstić information content (AvgIpc) is 2.60. The Morgan fingerprint density at radius 2 is 1.92 bits per heavy atom. The quantitative estimate of drug-likeness (QED) is 0.727. The number of para-hydroxylation sites is 1. The molecular weight excluding hydrogens is 370 g/mol. The van der Waals surface area contributed by atoms with E-state index in [1.54, 1.807) is 0 Å². The number of rotatable bonds is 5. The Kier molecular flexibility index (Phi) is 5.05. The third-order valence-electron chi connectivity index (χ3n) is 3.59. The summed E-state index contributed by atoms with van der Waals surface area (Å²) in [5.74, 6) is 0.208. The van der Waals surface area contributed by atoms with Crippen molar-refractivity contribution < 1.29 is 9.53 Å². The Labute approximate surface area is 148 Å². The van der Waals surface area contributed by atoms with Crippen molar-refractivity contribution >= 4 is 32.7 Å². The number of ether oxygens (including phenoxy) is 1. The van der Waals surface area contributed by atoms with Crippen LogP contribution >= 0.6 is 15.9 Å². The number of nitrogens with one attached hydrogen (secondary N) is 1. The van der Waals surface area contributed by atoms with E-state index in [2.05, 4.69) is 31.2 Å². The van der Waals surface area contributed by atoms with E-state index < -0.39 is 0 Å². The predicted molar refractivity (Wildman–Crippen MR) is 95.7 cm³/mol. The summed E-state index contributed by atoms with van der Waals surface area (Å²) < 4.78 is 6.57. The minimum Gasteiger partial charge on any atom is -0.467 e. The zero-order valence-corrected chi connectivity index (χ0v) is 14.7. The Balaban J connectivity index is 1.62. The van der Waals surface area contributed by atoms with Gasteiger partial charge in [0.2, 0.25) is 5.88 Å². The molecule has 3 aromatic rings. The third kappa shape index (κ3) is 3.89. The molecule has 122 valence electrons. The smallest absolute Gasteiger partial charge is 0.258 e. The van der Waals surface area contributed by atoms with Crippen LogP contribution in [0.2, 0.25) is 0 Å². The molecule has 5 nitrogen and oxygen atoms in total. The monoisotopic (exact) mass is 385 g/mol. The summed E-state index contributed by atoms with van der Waals surface area (Å²) in [4.78, 5) is 20.4. The van der Waals surface area contributed by atoms with Crippen LogP contribution in [-0.4, -0.2) is 22.5 Å². The average molecular weight is 386 g/mol. The summed E-state index contributed by atoms with van der Waals surface area (Å²) in [6.45, 7) is 1.84. The van der Waals surface area contributed by atoms with Crippen molar-refractivity contribution in [2.75, 3.05) is 6.61 Å². The molecule has 0 spiro atoms. The van der Waals surface area contributed by atoms with Gasteiger partial charge < -0.3 is 10.1 Å². The number of amides is 1. The highest BCUT2D eigenvalue weighted by molar-refractivity contribution is 9.10. The van der Waals surface area contributed by atoms with Gasteiger partial charge in [0.05, 0.1) is 16.9 Å². The summed E-state index contributed by atoms with van der Waals surface area (Å²) in [7, 11) is 0. The first-order valence-electron chi connectivity index (χ1n) is 7.51. The second kappa shape index (κ2) is 7.40. The molecule has 0 saturated carbocycles. The summed E-state index contributed by atoms with van der Waals surface area (Å²) in [5.41, 5.74) is 1.81. The largest absolute Gasteiger partial charge is 0.467 e. The lowest BCUT2D eigenvalue weighted by Crippen LogP contribution is -2.31. The number of carbonyl (C=O) groups is 1. The molecule has 0 aliphatic heterocycles. The molecule has 1 unspecified atom stereocenters. The number of nitrogens with zero attached hydrogens (tertiary/aromatic N) is 2. The Morgan fingerprint density at radius 3 is 2.71 bits per heavy atom. The molecule has 0 saturated heterocycles. The standard InChI is InChI=1S/C18H16BrN3O2/c1-12(13-6-8-14(19)9-7-13)22-17(23)10-24-18-15-4-2-3-5-16(15)20-11-21-18/h2-9,11-12H,10H2,1H3,(H,22,23). The Bertz CT molecular complexity index is 847. The maximum atomic E-state index is 12.1. The van der Waals surface area contributed by atoms with E-state index in [9.17, 15) is 4.79 Å². The number of hydrogen-bond acceptors (Lipinski definition) is 4. The van der Waals surface area contributed by atoms with Crippen LogP contribution in [0.5, 0.6) is 5.88 Å². The number of fused-ring (bicyclic) bond motifs is 1. The fourth-order valence-electron chi connectivity index (χ4n) is 2.35. The molecule has 24 heavy (non-hydrogen) atoms. The molecule has 1 heterocycles. The van der Waals surface area contributed by atoms with Crippen LogP contribution in [0.15, 0.2) is 59.3 Å². The normalized spacial score (nSPS) is 11.9. The Morgan fingerprint density at radius 1 is 1.17 bits per heavy atom. The van der Waals surface area contributed by atoms with E-state index in [0.29, 0.717) is 5.88 Å². The minimum absolute atomic E-state index is 0.0954. The Hall–Kier alpha value is -2.47. The summed E-state index contributed by atoms with van der Waals surface area (Å²) >= 11 is 3.40. The first-order valence-corrected chi connectivity index (χ1v) is 8.30. The number of hydrogen-bond donors (Lipinski definition) is 1.